The van der Waals surface area contributed by atoms with Gasteiger partial charge in [0.1, 0.15) is 13.2 Å². The van der Waals surface area contributed by atoms with E-state index in [1.807, 2.05) is 60.7 Å². The van der Waals surface area contributed by atoms with Crippen molar-refractivity contribution in [3.8, 4) is 5.75 Å². The van der Waals surface area contributed by atoms with Gasteiger partial charge in [0, 0.05) is 19.4 Å². The number of ether oxygens (including phenoxy) is 1. The van der Waals surface area contributed by atoms with Crippen LogP contribution in [-0.2, 0) is 29.2 Å². The van der Waals surface area contributed by atoms with Crippen molar-refractivity contribution in [2.45, 2.75) is 33.0 Å². The number of rotatable bonds is 10. The van der Waals surface area contributed by atoms with Gasteiger partial charge in [0.05, 0.1) is 11.9 Å². The number of benzene rings is 2. The highest BCUT2D eigenvalue weighted by Crippen LogP contribution is 2.12. The van der Waals surface area contributed by atoms with Crippen LogP contribution < -0.4 is 15.0 Å². The Kier molecular flexibility index (Phi) is 7.16. The van der Waals surface area contributed by atoms with E-state index < -0.39 is 11.6 Å². The predicted molar refractivity (Wildman–Crippen MR) is 112 cm³/mol. The summed E-state index contributed by atoms with van der Waals surface area (Å²) >= 11 is 0. The summed E-state index contributed by atoms with van der Waals surface area (Å²) in [7, 11) is 0. The van der Waals surface area contributed by atoms with Gasteiger partial charge >= 0.3 is 0 Å². The van der Waals surface area contributed by atoms with E-state index in [0.717, 1.165) is 11.1 Å². The number of pyridine rings is 1. The smallest absolute Gasteiger partial charge is 0.223 e. The number of ketones is 2. The highest BCUT2D eigenvalue weighted by atomic mass is 16.7. The third-order valence-corrected chi connectivity index (χ3v) is 4.51. The molecule has 0 bridgehead atoms. The third kappa shape index (κ3) is 5.91. The van der Waals surface area contributed by atoms with Gasteiger partial charge in [0.25, 0.3) is 0 Å². The van der Waals surface area contributed by atoms with Crippen molar-refractivity contribution in [2.24, 2.45) is 0 Å². The zero-order chi connectivity index (χ0) is 21.3. The standard InChI is InChI=1S/C24H23NO5/c1-18(26)22(27)13-12-21-14-23(28)24(29-16-19-8-4-2-5-9-19)15-25(21)30-17-20-10-6-3-7-11-20/h2-11,14-15H,12-13,16-17H2,1H3. The molecule has 1 heterocycles. The second-order valence-corrected chi connectivity index (χ2v) is 6.83. The summed E-state index contributed by atoms with van der Waals surface area (Å²) in [5, 5.41) is 0. The number of aromatic nitrogens is 1. The highest BCUT2D eigenvalue weighted by Gasteiger charge is 2.13. The van der Waals surface area contributed by atoms with Gasteiger partial charge in [0.2, 0.25) is 5.43 Å². The monoisotopic (exact) mass is 405 g/mol. The number of hydrogen-bond donors (Lipinski definition) is 0. The van der Waals surface area contributed by atoms with E-state index in [2.05, 4.69) is 0 Å². The van der Waals surface area contributed by atoms with Crippen molar-refractivity contribution < 1.29 is 19.2 Å². The minimum absolute atomic E-state index is 0.00763. The number of carbonyl (C=O) groups is 2. The van der Waals surface area contributed by atoms with Crippen LogP contribution in [0.4, 0.5) is 0 Å². The molecule has 154 valence electrons. The fourth-order valence-electron chi connectivity index (χ4n) is 2.82. The molecule has 0 saturated heterocycles. The zero-order valence-electron chi connectivity index (χ0n) is 16.7. The molecular weight excluding hydrogens is 382 g/mol. The first-order valence-electron chi connectivity index (χ1n) is 9.66. The van der Waals surface area contributed by atoms with Gasteiger partial charge in [-0.15, -0.1) is 0 Å². The zero-order valence-corrected chi connectivity index (χ0v) is 16.7. The Bertz CT molecular complexity index is 1060. The molecule has 2 aromatic carbocycles. The van der Waals surface area contributed by atoms with Gasteiger partial charge < -0.3 is 9.57 Å². The maximum Gasteiger partial charge on any atom is 0.223 e. The maximum atomic E-state index is 12.5. The fraction of sp³-hybridized carbons (Fsp3) is 0.208. The summed E-state index contributed by atoms with van der Waals surface area (Å²) in [6.45, 7) is 1.76. The van der Waals surface area contributed by atoms with Crippen LogP contribution in [0.2, 0.25) is 0 Å². The van der Waals surface area contributed by atoms with Crippen LogP contribution in [0.5, 0.6) is 5.75 Å². The lowest BCUT2D eigenvalue weighted by molar-refractivity contribution is -0.135. The molecule has 0 atom stereocenters. The molecule has 6 heteroatoms. The Hall–Kier alpha value is -3.67. The summed E-state index contributed by atoms with van der Waals surface area (Å²) in [4.78, 5) is 41.3. The van der Waals surface area contributed by atoms with E-state index in [-0.39, 0.29) is 37.2 Å². The molecular formula is C24H23NO5. The van der Waals surface area contributed by atoms with Crippen molar-refractivity contribution in [3.05, 3.63) is 100.0 Å². The van der Waals surface area contributed by atoms with E-state index in [4.69, 9.17) is 9.57 Å². The molecule has 1 aromatic heterocycles. The second-order valence-electron chi connectivity index (χ2n) is 6.83. The molecule has 30 heavy (non-hydrogen) atoms. The lowest BCUT2D eigenvalue weighted by Crippen LogP contribution is -2.22. The third-order valence-electron chi connectivity index (χ3n) is 4.51. The molecule has 0 radical (unpaired) electrons. The van der Waals surface area contributed by atoms with E-state index >= 15 is 0 Å². The summed E-state index contributed by atoms with van der Waals surface area (Å²) in [5.41, 5.74) is 2.08. The van der Waals surface area contributed by atoms with Crippen LogP contribution in [0.1, 0.15) is 30.2 Å². The van der Waals surface area contributed by atoms with Gasteiger partial charge in [-0.25, -0.2) is 0 Å². The van der Waals surface area contributed by atoms with Crippen molar-refractivity contribution >= 4 is 11.6 Å². The quantitative estimate of drug-likeness (QED) is 0.485. The van der Waals surface area contributed by atoms with Gasteiger partial charge in [-0.3, -0.25) is 14.4 Å². The average Bonchev–Trinajstić information content (AvgIpc) is 2.77. The van der Waals surface area contributed by atoms with Crippen LogP contribution in [-0.4, -0.2) is 16.3 Å². The SMILES string of the molecule is CC(=O)C(=O)CCc1cc(=O)c(OCc2ccccc2)cn1OCc1ccccc1. The maximum absolute atomic E-state index is 12.5. The van der Waals surface area contributed by atoms with Crippen LogP contribution in [0, 0.1) is 0 Å². The van der Waals surface area contributed by atoms with E-state index in [0.29, 0.717) is 5.69 Å². The molecule has 0 amide bonds. The Balaban J connectivity index is 1.80. The van der Waals surface area contributed by atoms with Crippen LogP contribution in [0.3, 0.4) is 0 Å². The predicted octanol–water partition coefficient (Wildman–Crippen LogP) is 3.15. The summed E-state index contributed by atoms with van der Waals surface area (Å²) in [6.07, 6.45) is 1.71. The molecule has 0 aliphatic carbocycles. The molecule has 0 unspecified atom stereocenters. The molecule has 0 fully saturated rings. The summed E-state index contributed by atoms with van der Waals surface area (Å²) in [5.74, 6) is -0.841. The minimum Gasteiger partial charge on any atom is -0.483 e. The van der Waals surface area contributed by atoms with Crippen LogP contribution >= 0.6 is 0 Å². The highest BCUT2D eigenvalue weighted by molar-refractivity contribution is 6.36. The lowest BCUT2D eigenvalue weighted by atomic mass is 10.1. The lowest BCUT2D eigenvalue weighted by Gasteiger charge is -2.16. The Labute approximate surface area is 174 Å². The number of nitrogens with zero attached hydrogens (tertiary/aromatic N) is 1. The molecule has 6 nitrogen and oxygen atoms in total. The molecule has 3 aromatic rings. The van der Waals surface area contributed by atoms with E-state index in [9.17, 15) is 14.4 Å². The van der Waals surface area contributed by atoms with Gasteiger partial charge in [-0.1, -0.05) is 60.7 Å². The van der Waals surface area contributed by atoms with Crippen LogP contribution in [0.15, 0.2) is 77.7 Å². The Morgan fingerprint density at radius 1 is 0.900 bits per heavy atom. The van der Waals surface area contributed by atoms with Crippen molar-refractivity contribution in [3.63, 3.8) is 0 Å². The number of hydrogen-bond acceptors (Lipinski definition) is 5. The van der Waals surface area contributed by atoms with E-state index in [1.165, 1.54) is 23.9 Å². The molecule has 0 aliphatic rings. The number of aryl methyl sites for hydroxylation is 1. The molecule has 0 N–H and O–H groups in total. The van der Waals surface area contributed by atoms with Crippen molar-refractivity contribution in [1.29, 1.82) is 0 Å². The molecule has 0 spiro atoms. The van der Waals surface area contributed by atoms with Gasteiger partial charge in [-0.2, -0.15) is 4.73 Å². The molecule has 0 saturated carbocycles. The first-order valence-corrected chi connectivity index (χ1v) is 9.66. The van der Waals surface area contributed by atoms with E-state index in [1.54, 1.807) is 0 Å². The summed E-state index contributed by atoms with van der Waals surface area (Å²) in [6, 6.07) is 20.5. The van der Waals surface area contributed by atoms with Gasteiger partial charge in [-0.05, 0) is 17.5 Å². The number of Topliss-reactive ketones (excluding diaryl/α,β-unsaturated/α-hetero) is 2. The fourth-order valence-corrected chi connectivity index (χ4v) is 2.82. The van der Waals surface area contributed by atoms with Crippen LogP contribution in [0.25, 0.3) is 0 Å². The topological polar surface area (TPSA) is 74.6 Å². The molecule has 3 rings (SSSR count). The van der Waals surface area contributed by atoms with Crippen molar-refractivity contribution in [2.75, 3.05) is 0 Å². The Morgan fingerprint density at radius 2 is 1.50 bits per heavy atom. The van der Waals surface area contributed by atoms with Gasteiger partial charge in [0.15, 0.2) is 17.3 Å². The number of carbonyl (C=O) groups excluding carboxylic acids is 2. The Morgan fingerprint density at radius 3 is 2.10 bits per heavy atom. The normalized spacial score (nSPS) is 10.4. The largest absolute Gasteiger partial charge is 0.483 e. The average molecular weight is 405 g/mol. The first kappa shape index (κ1) is 21.0. The first-order chi connectivity index (χ1) is 14.5. The second kappa shape index (κ2) is 10.2. The summed E-state index contributed by atoms with van der Waals surface area (Å²) < 4.78 is 7.15. The van der Waals surface area contributed by atoms with Crippen molar-refractivity contribution in [1.82, 2.24) is 4.73 Å². The molecule has 0 aliphatic heterocycles. The minimum atomic E-state index is -0.503.